The predicted octanol–water partition coefficient (Wildman–Crippen LogP) is 3.17. The second-order valence-electron chi connectivity index (χ2n) is 11.9. The monoisotopic (exact) mass is 545 g/mol. The summed E-state index contributed by atoms with van der Waals surface area (Å²) >= 11 is 0. The Kier molecular flexibility index (Phi) is 6.93. The third-order valence-electron chi connectivity index (χ3n) is 9.18. The number of nitrogens with two attached hydrogens (primary N) is 1. The average molecular weight is 546 g/mol. The van der Waals surface area contributed by atoms with Crippen LogP contribution in [-0.4, -0.2) is 57.9 Å². The van der Waals surface area contributed by atoms with E-state index in [0.29, 0.717) is 17.9 Å². The van der Waals surface area contributed by atoms with Gasteiger partial charge in [-0.25, -0.2) is 9.78 Å². The predicted molar refractivity (Wildman–Crippen MR) is 145 cm³/mol. The van der Waals surface area contributed by atoms with Crippen molar-refractivity contribution >= 4 is 23.8 Å². The molecule has 1 aromatic carbocycles. The van der Waals surface area contributed by atoms with E-state index < -0.39 is 11.9 Å². The highest BCUT2D eigenvalue weighted by molar-refractivity contribution is 6.04. The van der Waals surface area contributed by atoms with E-state index in [1.807, 2.05) is 30.3 Å². The lowest BCUT2D eigenvalue weighted by molar-refractivity contribution is -0.141. The third kappa shape index (κ3) is 5.14. The SMILES string of the molecule is NC(=O)c1cccnc1O[C@H]1CC2(C1)C[C@H](N1C(=O)N[C@@H](C[C@H]3CC[C@H](NC(=O)c4ccccc4)CC3)C1=O)C2. The maximum atomic E-state index is 13.2. The second-order valence-corrected chi connectivity index (χ2v) is 11.9. The quantitative estimate of drug-likeness (QED) is 0.435. The maximum absolute atomic E-state index is 13.2. The van der Waals surface area contributed by atoms with Crippen LogP contribution in [0.3, 0.4) is 0 Å². The molecule has 1 aliphatic heterocycles. The van der Waals surface area contributed by atoms with Gasteiger partial charge in [0.05, 0.1) is 0 Å². The van der Waals surface area contributed by atoms with E-state index in [1.165, 1.54) is 4.90 Å². The van der Waals surface area contributed by atoms with E-state index >= 15 is 0 Å². The van der Waals surface area contributed by atoms with Gasteiger partial charge in [-0.3, -0.25) is 19.3 Å². The first-order chi connectivity index (χ1) is 19.3. The van der Waals surface area contributed by atoms with Crippen LogP contribution in [-0.2, 0) is 4.79 Å². The smallest absolute Gasteiger partial charge is 0.325 e. The zero-order valence-electron chi connectivity index (χ0n) is 22.4. The van der Waals surface area contributed by atoms with Crippen molar-refractivity contribution in [1.82, 2.24) is 20.5 Å². The highest BCUT2D eigenvalue weighted by atomic mass is 16.5. The van der Waals surface area contributed by atoms with Gasteiger partial charge >= 0.3 is 6.03 Å². The molecule has 4 fully saturated rings. The summed E-state index contributed by atoms with van der Waals surface area (Å²) in [5, 5.41) is 6.06. The number of hydrogen-bond donors (Lipinski definition) is 3. The van der Waals surface area contributed by atoms with Gasteiger partial charge in [0.25, 0.3) is 17.7 Å². The molecule has 4 aliphatic rings. The Morgan fingerprint density at radius 3 is 2.45 bits per heavy atom. The minimum Gasteiger partial charge on any atom is -0.474 e. The molecule has 3 aliphatic carbocycles. The molecule has 2 heterocycles. The number of imide groups is 1. The highest BCUT2D eigenvalue weighted by Gasteiger charge is 2.58. The topological polar surface area (TPSA) is 144 Å². The molecule has 1 spiro atoms. The van der Waals surface area contributed by atoms with Gasteiger partial charge in [0.15, 0.2) is 0 Å². The highest BCUT2D eigenvalue weighted by Crippen LogP contribution is 2.58. The summed E-state index contributed by atoms with van der Waals surface area (Å²) in [5.41, 5.74) is 6.42. The molecule has 0 radical (unpaired) electrons. The molecule has 4 N–H and O–H groups in total. The first-order valence-electron chi connectivity index (χ1n) is 14.2. The Labute approximate surface area is 233 Å². The van der Waals surface area contributed by atoms with Crippen LogP contribution in [0.5, 0.6) is 5.88 Å². The first kappa shape index (κ1) is 26.3. The molecule has 5 amide bonds. The molecule has 3 saturated carbocycles. The number of pyridine rings is 1. The van der Waals surface area contributed by atoms with Crippen LogP contribution in [0.15, 0.2) is 48.7 Å². The van der Waals surface area contributed by atoms with Crippen LogP contribution in [0.2, 0.25) is 0 Å². The van der Waals surface area contributed by atoms with Crippen molar-refractivity contribution < 1.29 is 23.9 Å². The maximum Gasteiger partial charge on any atom is 0.325 e. The van der Waals surface area contributed by atoms with Crippen molar-refractivity contribution in [1.29, 1.82) is 0 Å². The number of carbonyl (C=O) groups excluding carboxylic acids is 4. The minimum atomic E-state index is -0.572. The zero-order chi connectivity index (χ0) is 27.9. The fourth-order valence-corrected chi connectivity index (χ4v) is 7.06. The lowest BCUT2D eigenvalue weighted by Crippen LogP contribution is -2.60. The number of hydrogen-bond acceptors (Lipinski definition) is 6. The standard InChI is InChI=1S/C30H35N5O5/c31-25(36)23-7-4-12-32-27(23)40-22-16-30(17-22)14-21(15-30)35-28(38)24(34-29(35)39)13-18-8-10-20(11-9-18)33-26(37)19-5-2-1-3-6-19/h1-7,12,18,20-22,24H,8-11,13-17H2,(H2,31,36)(H,33,37)(H,34,39)/t18-,20-,21-,22-,24-,30?/m0/s1. The Hall–Kier alpha value is -3.95. The average Bonchev–Trinajstić information content (AvgIpc) is 3.18. The van der Waals surface area contributed by atoms with Crippen LogP contribution < -0.4 is 21.1 Å². The van der Waals surface area contributed by atoms with E-state index in [1.54, 1.807) is 18.3 Å². The number of carbonyl (C=O) groups is 4. The van der Waals surface area contributed by atoms with Crippen molar-refractivity contribution in [3.8, 4) is 5.88 Å². The molecule has 40 heavy (non-hydrogen) atoms. The number of nitrogens with zero attached hydrogens (tertiary/aromatic N) is 2. The molecule has 0 bridgehead atoms. The lowest BCUT2D eigenvalue weighted by Gasteiger charge is -2.58. The van der Waals surface area contributed by atoms with Crippen LogP contribution in [0.1, 0.15) is 78.5 Å². The minimum absolute atomic E-state index is 0.0484. The molecule has 10 heteroatoms. The molecular weight excluding hydrogens is 510 g/mol. The fourth-order valence-electron chi connectivity index (χ4n) is 7.06. The van der Waals surface area contributed by atoms with Crippen molar-refractivity contribution in [3.05, 3.63) is 59.8 Å². The van der Waals surface area contributed by atoms with Gasteiger partial charge in [-0.2, -0.15) is 0 Å². The molecule has 1 aromatic heterocycles. The molecule has 1 atom stereocenters. The molecule has 1 saturated heterocycles. The van der Waals surface area contributed by atoms with Gasteiger partial charge < -0.3 is 21.1 Å². The van der Waals surface area contributed by atoms with E-state index in [4.69, 9.17) is 10.5 Å². The van der Waals surface area contributed by atoms with E-state index in [2.05, 4.69) is 15.6 Å². The number of amides is 5. The van der Waals surface area contributed by atoms with Crippen molar-refractivity contribution in [2.75, 3.05) is 0 Å². The number of primary amides is 1. The Balaban J connectivity index is 0.944. The summed E-state index contributed by atoms with van der Waals surface area (Å²) < 4.78 is 5.93. The van der Waals surface area contributed by atoms with Gasteiger partial charge in [0.1, 0.15) is 17.7 Å². The molecule has 10 nitrogen and oxygen atoms in total. The number of aromatic nitrogens is 1. The van der Waals surface area contributed by atoms with Crippen LogP contribution in [0, 0.1) is 11.3 Å². The number of rotatable bonds is 8. The summed E-state index contributed by atoms with van der Waals surface area (Å²) in [6.45, 7) is 0. The van der Waals surface area contributed by atoms with E-state index in [9.17, 15) is 19.2 Å². The Morgan fingerprint density at radius 1 is 1.02 bits per heavy atom. The van der Waals surface area contributed by atoms with Crippen molar-refractivity contribution in [2.45, 2.75) is 82.0 Å². The summed E-state index contributed by atoms with van der Waals surface area (Å²) in [6, 6.07) is 11.8. The molecule has 2 aromatic rings. The number of ether oxygens (including phenoxy) is 1. The first-order valence-corrected chi connectivity index (χ1v) is 14.2. The second kappa shape index (κ2) is 10.6. The summed E-state index contributed by atoms with van der Waals surface area (Å²) in [6.07, 6.45) is 8.88. The lowest BCUT2D eigenvalue weighted by atomic mass is 9.52. The van der Waals surface area contributed by atoms with Gasteiger partial charge in [-0.05, 0) is 93.4 Å². The van der Waals surface area contributed by atoms with Crippen LogP contribution in [0.25, 0.3) is 0 Å². The molecule has 210 valence electrons. The van der Waals surface area contributed by atoms with Gasteiger partial charge in [0.2, 0.25) is 5.88 Å². The molecule has 6 rings (SSSR count). The molecule has 0 unspecified atom stereocenters. The zero-order valence-corrected chi connectivity index (χ0v) is 22.4. The van der Waals surface area contributed by atoms with Crippen LogP contribution >= 0.6 is 0 Å². The van der Waals surface area contributed by atoms with Gasteiger partial charge in [0, 0.05) is 23.8 Å². The van der Waals surface area contributed by atoms with Crippen LogP contribution in [0.4, 0.5) is 4.79 Å². The number of nitrogens with one attached hydrogen (secondary N) is 2. The fraction of sp³-hybridized carbons (Fsp3) is 0.500. The molecular formula is C30H35N5O5. The van der Waals surface area contributed by atoms with Crippen molar-refractivity contribution in [3.63, 3.8) is 0 Å². The van der Waals surface area contributed by atoms with Gasteiger partial charge in [-0.15, -0.1) is 0 Å². The normalized spacial score (nSPS) is 31.2. The van der Waals surface area contributed by atoms with E-state index in [-0.39, 0.29) is 52.9 Å². The Morgan fingerprint density at radius 2 is 1.75 bits per heavy atom. The summed E-state index contributed by atoms with van der Waals surface area (Å²) in [7, 11) is 0. The number of benzene rings is 1. The Bertz CT molecular complexity index is 1290. The van der Waals surface area contributed by atoms with Crippen molar-refractivity contribution in [2.24, 2.45) is 17.1 Å². The number of urea groups is 1. The van der Waals surface area contributed by atoms with Gasteiger partial charge in [-0.1, -0.05) is 18.2 Å². The summed E-state index contributed by atoms with van der Waals surface area (Å²) in [4.78, 5) is 55.7. The largest absolute Gasteiger partial charge is 0.474 e. The third-order valence-corrected chi connectivity index (χ3v) is 9.18. The summed E-state index contributed by atoms with van der Waals surface area (Å²) in [5.74, 6) is -0.135. The van der Waals surface area contributed by atoms with E-state index in [0.717, 1.165) is 51.4 Å².